The zero-order chi connectivity index (χ0) is 11.0. The minimum absolute atomic E-state index is 0.113. The van der Waals surface area contributed by atoms with Crippen LogP contribution in [-0.4, -0.2) is 26.2 Å². The van der Waals surface area contributed by atoms with Gasteiger partial charge in [-0.2, -0.15) is 0 Å². The quantitative estimate of drug-likeness (QED) is 0.703. The van der Waals surface area contributed by atoms with E-state index in [2.05, 4.69) is 9.97 Å². The Balaban J connectivity index is 2.42. The van der Waals surface area contributed by atoms with E-state index in [9.17, 15) is 0 Å². The summed E-state index contributed by atoms with van der Waals surface area (Å²) in [5, 5.41) is 10.1. The minimum Gasteiger partial charge on any atom is -0.395 e. The molecule has 1 aromatic carbocycles. The van der Waals surface area contributed by atoms with Gasteiger partial charge in [0.2, 0.25) is 0 Å². The van der Waals surface area contributed by atoms with Crippen molar-refractivity contribution in [3.8, 4) is 0 Å². The van der Waals surface area contributed by atoms with Crippen LogP contribution in [0, 0.1) is 0 Å². The third kappa shape index (κ3) is 1.27. The molecule has 0 radical (unpaired) electrons. The SMILES string of the molecule is OCCn1cnc2cnc3ccccc3c21. The lowest BCUT2D eigenvalue weighted by Crippen LogP contribution is -2.00. The van der Waals surface area contributed by atoms with Crippen LogP contribution in [0.5, 0.6) is 0 Å². The Hall–Kier alpha value is -1.94. The van der Waals surface area contributed by atoms with Gasteiger partial charge in [-0.1, -0.05) is 18.2 Å². The highest BCUT2D eigenvalue weighted by molar-refractivity contribution is 6.01. The fourth-order valence-corrected chi connectivity index (χ4v) is 1.98. The average molecular weight is 213 g/mol. The lowest BCUT2D eigenvalue weighted by Gasteiger charge is -2.03. The summed E-state index contributed by atoms with van der Waals surface area (Å²) in [6.07, 6.45) is 3.51. The number of imidazole rings is 1. The van der Waals surface area contributed by atoms with Crippen molar-refractivity contribution in [2.75, 3.05) is 6.61 Å². The van der Waals surface area contributed by atoms with Gasteiger partial charge >= 0.3 is 0 Å². The number of hydrogen-bond acceptors (Lipinski definition) is 3. The lowest BCUT2D eigenvalue weighted by atomic mass is 10.2. The number of fused-ring (bicyclic) bond motifs is 3. The molecule has 3 aromatic rings. The Labute approximate surface area is 92.2 Å². The Morgan fingerprint density at radius 3 is 2.88 bits per heavy atom. The fourth-order valence-electron chi connectivity index (χ4n) is 1.98. The second-order valence-electron chi connectivity index (χ2n) is 3.67. The number of aliphatic hydroxyl groups excluding tert-OH is 1. The Morgan fingerprint density at radius 1 is 1.12 bits per heavy atom. The maximum Gasteiger partial charge on any atom is 0.107 e. The maximum atomic E-state index is 9.01. The molecule has 16 heavy (non-hydrogen) atoms. The number of aliphatic hydroxyl groups is 1. The largest absolute Gasteiger partial charge is 0.395 e. The molecule has 0 saturated carbocycles. The van der Waals surface area contributed by atoms with E-state index in [0.717, 1.165) is 21.9 Å². The van der Waals surface area contributed by atoms with Crippen LogP contribution in [0.2, 0.25) is 0 Å². The van der Waals surface area contributed by atoms with E-state index in [1.54, 1.807) is 12.5 Å². The zero-order valence-corrected chi connectivity index (χ0v) is 8.67. The Morgan fingerprint density at radius 2 is 2.00 bits per heavy atom. The molecule has 0 aliphatic carbocycles. The molecular formula is C12H11N3O. The molecule has 2 heterocycles. The number of nitrogens with zero attached hydrogens (tertiary/aromatic N) is 3. The van der Waals surface area contributed by atoms with Gasteiger partial charge < -0.3 is 9.67 Å². The minimum atomic E-state index is 0.113. The molecule has 0 saturated heterocycles. The van der Waals surface area contributed by atoms with Crippen LogP contribution in [0.4, 0.5) is 0 Å². The molecule has 4 nitrogen and oxygen atoms in total. The standard InChI is InChI=1S/C12H11N3O/c16-6-5-15-8-14-11-7-13-10-4-2-1-3-9(10)12(11)15/h1-4,7-8,16H,5-6H2. The first-order valence-corrected chi connectivity index (χ1v) is 5.19. The van der Waals surface area contributed by atoms with Gasteiger partial charge in [0, 0.05) is 11.9 Å². The molecule has 0 aliphatic rings. The highest BCUT2D eigenvalue weighted by atomic mass is 16.3. The normalized spacial score (nSPS) is 11.3. The van der Waals surface area contributed by atoms with Crippen molar-refractivity contribution < 1.29 is 5.11 Å². The fraction of sp³-hybridized carbons (Fsp3) is 0.167. The predicted octanol–water partition coefficient (Wildman–Crippen LogP) is 1.58. The van der Waals surface area contributed by atoms with Crippen molar-refractivity contribution in [2.45, 2.75) is 6.54 Å². The summed E-state index contributed by atoms with van der Waals surface area (Å²) >= 11 is 0. The third-order valence-corrected chi connectivity index (χ3v) is 2.69. The summed E-state index contributed by atoms with van der Waals surface area (Å²) in [4.78, 5) is 8.62. The van der Waals surface area contributed by atoms with Gasteiger partial charge in [0.15, 0.2) is 0 Å². The van der Waals surface area contributed by atoms with Crippen LogP contribution in [-0.2, 0) is 6.54 Å². The first-order chi connectivity index (χ1) is 7.90. The number of pyridine rings is 1. The molecule has 0 spiro atoms. The van der Waals surface area contributed by atoms with E-state index >= 15 is 0 Å². The second kappa shape index (κ2) is 3.57. The topological polar surface area (TPSA) is 50.9 Å². The Bertz CT molecular complexity index is 645. The van der Waals surface area contributed by atoms with Crippen molar-refractivity contribution >= 4 is 21.9 Å². The van der Waals surface area contributed by atoms with Crippen molar-refractivity contribution in [3.05, 3.63) is 36.8 Å². The smallest absolute Gasteiger partial charge is 0.107 e. The highest BCUT2D eigenvalue weighted by Crippen LogP contribution is 2.22. The van der Waals surface area contributed by atoms with E-state index in [4.69, 9.17) is 5.11 Å². The predicted molar refractivity (Wildman–Crippen MR) is 62.1 cm³/mol. The number of para-hydroxylation sites is 1. The van der Waals surface area contributed by atoms with E-state index < -0.39 is 0 Å². The van der Waals surface area contributed by atoms with Gasteiger partial charge in [-0.25, -0.2) is 4.98 Å². The maximum absolute atomic E-state index is 9.01. The summed E-state index contributed by atoms with van der Waals surface area (Å²) < 4.78 is 1.96. The van der Waals surface area contributed by atoms with Gasteiger partial charge in [-0.05, 0) is 6.07 Å². The Kier molecular flexibility index (Phi) is 2.08. The monoisotopic (exact) mass is 213 g/mol. The molecule has 0 fully saturated rings. The molecular weight excluding hydrogens is 202 g/mol. The number of benzene rings is 1. The first-order valence-electron chi connectivity index (χ1n) is 5.19. The van der Waals surface area contributed by atoms with E-state index in [1.807, 2.05) is 28.8 Å². The average Bonchev–Trinajstić information content (AvgIpc) is 2.73. The second-order valence-corrected chi connectivity index (χ2v) is 3.67. The van der Waals surface area contributed by atoms with E-state index in [1.165, 1.54) is 0 Å². The van der Waals surface area contributed by atoms with Gasteiger partial charge in [0.1, 0.15) is 5.52 Å². The first kappa shape index (κ1) is 9.30. The van der Waals surface area contributed by atoms with Crippen LogP contribution in [0.15, 0.2) is 36.8 Å². The molecule has 3 rings (SSSR count). The molecule has 80 valence electrons. The third-order valence-electron chi connectivity index (χ3n) is 2.69. The lowest BCUT2D eigenvalue weighted by molar-refractivity contribution is 0.278. The highest BCUT2D eigenvalue weighted by Gasteiger charge is 2.06. The van der Waals surface area contributed by atoms with E-state index in [-0.39, 0.29) is 6.61 Å². The molecule has 0 unspecified atom stereocenters. The molecule has 1 N–H and O–H groups in total. The number of hydrogen-bond donors (Lipinski definition) is 1. The summed E-state index contributed by atoms with van der Waals surface area (Å²) in [6, 6.07) is 7.96. The van der Waals surface area contributed by atoms with Crippen molar-refractivity contribution in [1.29, 1.82) is 0 Å². The molecule has 0 bridgehead atoms. The van der Waals surface area contributed by atoms with Crippen molar-refractivity contribution in [1.82, 2.24) is 14.5 Å². The van der Waals surface area contributed by atoms with Crippen molar-refractivity contribution in [3.63, 3.8) is 0 Å². The van der Waals surface area contributed by atoms with Crippen LogP contribution in [0.25, 0.3) is 21.9 Å². The van der Waals surface area contributed by atoms with Gasteiger partial charge in [0.05, 0.1) is 30.2 Å². The van der Waals surface area contributed by atoms with Gasteiger partial charge in [-0.15, -0.1) is 0 Å². The molecule has 0 amide bonds. The zero-order valence-electron chi connectivity index (χ0n) is 8.67. The number of rotatable bonds is 2. The molecule has 0 atom stereocenters. The molecule has 2 aromatic heterocycles. The van der Waals surface area contributed by atoms with Crippen molar-refractivity contribution in [2.24, 2.45) is 0 Å². The molecule has 0 aliphatic heterocycles. The van der Waals surface area contributed by atoms with Crippen LogP contribution < -0.4 is 0 Å². The molecule has 4 heteroatoms. The summed E-state index contributed by atoms with van der Waals surface area (Å²) in [7, 11) is 0. The summed E-state index contributed by atoms with van der Waals surface area (Å²) in [5.41, 5.74) is 2.86. The number of aromatic nitrogens is 3. The summed E-state index contributed by atoms with van der Waals surface area (Å²) in [5.74, 6) is 0. The van der Waals surface area contributed by atoms with Gasteiger partial charge in [-0.3, -0.25) is 4.98 Å². The van der Waals surface area contributed by atoms with Crippen LogP contribution >= 0.6 is 0 Å². The van der Waals surface area contributed by atoms with Crippen LogP contribution in [0.3, 0.4) is 0 Å². The van der Waals surface area contributed by atoms with Crippen LogP contribution in [0.1, 0.15) is 0 Å². The summed E-state index contributed by atoms with van der Waals surface area (Å²) in [6.45, 7) is 0.673. The van der Waals surface area contributed by atoms with E-state index in [0.29, 0.717) is 6.54 Å². The van der Waals surface area contributed by atoms with Gasteiger partial charge in [0.25, 0.3) is 0 Å².